The molecule has 0 radical (unpaired) electrons. The van der Waals surface area contributed by atoms with Crippen LogP contribution in [0.5, 0.6) is 0 Å². The first kappa shape index (κ1) is 8.16. The van der Waals surface area contributed by atoms with E-state index >= 15 is 0 Å². The summed E-state index contributed by atoms with van der Waals surface area (Å²) in [5.74, 6) is 0. The van der Waals surface area contributed by atoms with Crippen LogP contribution in [-0.2, 0) is 12.8 Å². The third-order valence-electron chi connectivity index (χ3n) is 3.37. The van der Waals surface area contributed by atoms with E-state index < -0.39 is 0 Å². The van der Waals surface area contributed by atoms with Crippen LogP contribution in [0.25, 0.3) is 0 Å². The molecule has 0 bridgehead atoms. The quantitative estimate of drug-likeness (QED) is 0.670. The molecule has 2 heterocycles. The maximum atomic E-state index is 3.45. The van der Waals surface area contributed by atoms with Gasteiger partial charge in [0.2, 0.25) is 0 Å². The summed E-state index contributed by atoms with van der Waals surface area (Å²) >= 11 is 0. The summed E-state index contributed by atoms with van der Waals surface area (Å²) in [5, 5.41) is 3.45. The van der Waals surface area contributed by atoms with Gasteiger partial charge in [-0.25, -0.2) is 0 Å². The third kappa shape index (κ3) is 1.10. The van der Waals surface area contributed by atoms with Gasteiger partial charge in [0.1, 0.15) is 0 Å². The molecule has 14 heavy (non-hydrogen) atoms. The number of benzene rings is 1. The van der Waals surface area contributed by atoms with E-state index in [9.17, 15) is 0 Å². The molecule has 0 aromatic heterocycles. The summed E-state index contributed by atoms with van der Waals surface area (Å²) in [5.41, 5.74) is 5.85. The van der Waals surface area contributed by atoms with Gasteiger partial charge in [0.25, 0.3) is 0 Å². The maximum Gasteiger partial charge on any atom is 0.0400 e. The molecule has 0 saturated heterocycles. The normalized spacial score (nSPS) is 18.8. The van der Waals surface area contributed by atoms with Crippen molar-refractivity contribution < 1.29 is 0 Å². The van der Waals surface area contributed by atoms with Crippen molar-refractivity contribution >= 4 is 11.4 Å². The Hall–Kier alpha value is -1.18. The van der Waals surface area contributed by atoms with Crippen molar-refractivity contribution in [1.29, 1.82) is 0 Å². The van der Waals surface area contributed by atoms with Gasteiger partial charge in [-0.3, -0.25) is 0 Å². The number of nitrogens with zero attached hydrogens (tertiary/aromatic N) is 1. The molecule has 2 aliphatic heterocycles. The van der Waals surface area contributed by atoms with Gasteiger partial charge in [0, 0.05) is 31.5 Å². The topological polar surface area (TPSA) is 15.3 Å². The summed E-state index contributed by atoms with van der Waals surface area (Å²) in [6.07, 6.45) is 3.73. The lowest BCUT2D eigenvalue weighted by molar-refractivity contribution is 0.744. The summed E-state index contributed by atoms with van der Waals surface area (Å²) in [4.78, 5) is 2.39. The average molecular weight is 188 g/mol. The number of rotatable bonds is 0. The Kier molecular flexibility index (Phi) is 1.69. The van der Waals surface area contributed by atoms with Crippen LogP contribution in [0.15, 0.2) is 12.1 Å². The molecule has 0 aliphatic carbocycles. The second-order valence-electron chi connectivity index (χ2n) is 4.34. The molecule has 1 aromatic carbocycles. The zero-order valence-corrected chi connectivity index (χ0v) is 8.64. The number of nitrogens with one attached hydrogen (secondary N) is 1. The van der Waals surface area contributed by atoms with Crippen molar-refractivity contribution in [1.82, 2.24) is 0 Å². The van der Waals surface area contributed by atoms with Gasteiger partial charge in [-0.1, -0.05) is 0 Å². The van der Waals surface area contributed by atoms with Crippen LogP contribution in [0.3, 0.4) is 0 Å². The van der Waals surface area contributed by atoms with Crippen molar-refractivity contribution in [3.05, 3.63) is 23.3 Å². The molecule has 2 heteroatoms. The Bertz CT molecular complexity index is 371. The molecule has 2 nitrogen and oxygen atoms in total. The largest absolute Gasteiger partial charge is 0.384 e. The highest BCUT2D eigenvalue weighted by Crippen LogP contribution is 2.33. The second kappa shape index (κ2) is 2.91. The van der Waals surface area contributed by atoms with E-state index in [0.717, 1.165) is 6.54 Å². The summed E-state index contributed by atoms with van der Waals surface area (Å²) in [7, 11) is 2.20. The minimum Gasteiger partial charge on any atom is -0.384 e. The van der Waals surface area contributed by atoms with Crippen molar-refractivity contribution in [3.8, 4) is 0 Å². The third-order valence-corrected chi connectivity index (χ3v) is 3.37. The van der Waals surface area contributed by atoms with Gasteiger partial charge >= 0.3 is 0 Å². The molecule has 0 amide bonds. The predicted octanol–water partition coefficient (Wildman–Crippen LogP) is 2.04. The first-order valence-corrected chi connectivity index (χ1v) is 5.45. The van der Waals surface area contributed by atoms with Crippen LogP contribution in [0.2, 0.25) is 0 Å². The Morgan fingerprint density at radius 3 is 3.07 bits per heavy atom. The number of aryl methyl sites for hydroxylation is 1. The molecule has 0 saturated carbocycles. The van der Waals surface area contributed by atoms with Gasteiger partial charge < -0.3 is 10.2 Å². The highest BCUT2D eigenvalue weighted by atomic mass is 15.1. The highest BCUT2D eigenvalue weighted by molar-refractivity contribution is 5.68. The highest BCUT2D eigenvalue weighted by Gasteiger charge is 2.18. The van der Waals surface area contributed by atoms with Crippen molar-refractivity contribution in [2.45, 2.75) is 19.3 Å². The molecule has 2 aliphatic rings. The monoisotopic (exact) mass is 188 g/mol. The van der Waals surface area contributed by atoms with Crippen molar-refractivity contribution in [2.24, 2.45) is 0 Å². The molecule has 1 aromatic rings. The summed E-state index contributed by atoms with van der Waals surface area (Å²) in [6.45, 7) is 2.32. The first-order chi connectivity index (χ1) is 6.84. The molecule has 0 fully saturated rings. The Morgan fingerprint density at radius 1 is 1.21 bits per heavy atom. The van der Waals surface area contributed by atoms with Crippen molar-refractivity contribution in [3.63, 3.8) is 0 Å². The Morgan fingerprint density at radius 2 is 2.14 bits per heavy atom. The van der Waals surface area contributed by atoms with E-state index in [1.54, 1.807) is 0 Å². The Balaban J connectivity index is 2.12. The van der Waals surface area contributed by atoms with Gasteiger partial charge in [-0.05, 0) is 42.5 Å². The van der Waals surface area contributed by atoms with Crippen LogP contribution in [0.1, 0.15) is 17.5 Å². The number of anilines is 2. The molecular formula is C12H16N2. The molecule has 3 rings (SSSR count). The first-order valence-electron chi connectivity index (χ1n) is 5.45. The fourth-order valence-corrected chi connectivity index (χ4v) is 2.56. The van der Waals surface area contributed by atoms with E-state index in [4.69, 9.17) is 0 Å². The summed E-state index contributed by atoms with van der Waals surface area (Å²) < 4.78 is 0. The molecule has 1 N–H and O–H groups in total. The average Bonchev–Trinajstić information content (AvgIpc) is 2.62. The smallest absolute Gasteiger partial charge is 0.0400 e. The molecule has 0 spiro atoms. The zero-order chi connectivity index (χ0) is 9.54. The fraction of sp³-hybridized carbons (Fsp3) is 0.500. The van der Waals surface area contributed by atoms with Crippen LogP contribution < -0.4 is 10.2 Å². The number of hydrogen-bond donors (Lipinski definition) is 1. The second-order valence-corrected chi connectivity index (χ2v) is 4.34. The van der Waals surface area contributed by atoms with Gasteiger partial charge in [0.05, 0.1) is 0 Å². The SMILES string of the molecule is CN1CCCc2cc3c(cc21)CCN3. The molecule has 0 atom stereocenters. The molecular weight excluding hydrogens is 172 g/mol. The van der Waals surface area contributed by atoms with Gasteiger partial charge in [0.15, 0.2) is 0 Å². The lowest BCUT2D eigenvalue weighted by Gasteiger charge is -2.28. The van der Waals surface area contributed by atoms with Gasteiger partial charge in [-0.2, -0.15) is 0 Å². The Labute approximate surface area is 84.9 Å². The molecule has 0 unspecified atom stereocenters. The number of fused-ring (bicyclic) bond motifs is 2. The van der Waals surface area contributed by atoms with Crippen LogP contribution >= 0.6 is 0 Å². The predicted molar refractivity (Wildman–Crippen MR) is 60.2 cm³/mol. The minimum absolute atomic E-state index is 1.11. The number of hydrogen-bond acceptors (Lipinski definition) is 2. The van der Waals surface area contributed by atoms with Crippen molar-refractivity contribution in [2.75, 3.05) is 30.4 Å². The molecule has 74 valence electrons. The van der Waals surface area contributed by atoms with E-state index in [-0.39, 0.29) is 0 Å². The van der Waals surface area contributed by atoms with E-state index in [1.807, 2.05) is 0 Å². The lowest BCUT2D eigenvalue weighted by atomic mass is 9.99. The summed E-state index contributed by atoms with van der Waals surface area (Å²) in [6, 6.07) is 4.73. The van der Waals surface area contributed by atoms with E-state index in [1.165, 1.54) is 48.3 Å². The van der Waals surface area contributed by atoms with E-state index in [0.29, 0.717) is 0 Å². The van der Waals surface area contributed by atoms with Crippen LogP contribution in [-0.4, -0.2) is 20.1 Å². The maximum absolute atomic E-state index is 3.45. The zero-order valence-electron chi connectivity index (χ0n) is 8.64. The minimum atomic E-state index is 1.11. The lowest BCUT2D eigenvalue weighted by Crippen LogP contribution is -2.24. The van der Waals surface area contributed by atoms with Gasteiger partial charge in [-0.15, -0.1) is 0 Å². The standard InChI is InChI=1S/C12H16N2/c1-14-6-2-3-10-7-11-9(4-5-13-11)8-12(10)14/h7-8,13H,2-6H2,1H3. The van der Waals surface area contributed by atoms with Crippen LogP contribution in [0, 0.1) is 0 Å². The van der Waals surface area contributed by atoms with Crippen LogP contribution in [0.4, 0.5) is 11.4 Å². The fourth-order valence-electron chi connectivity index (χ4n) is 2.56. The van der Waals surface area contributed by atoms with E-state index in [2.05, 4.69) is 29.4 Å².